The highest BCUT2D eigenvalue weighted by Crippen LogP contribution is 2.14. The average Bonchev–Trinajstić information content (AvgIpc) is 2.38. The summed E-state index contributed by atoms with van der Waals surface area (Å²) in [6.45, 7) is 3.83. The minimum Gasteiger partial charge on any atom is -0.369 e. The van der Waals surface area contributed by atoms with Crippen molar-refractivity contribution >= 4 is 11.5 Å². The lowest BCUT2D eigenvalue weighted by Crippen LogP contribution is -2.18. The Morgan fingerprint density at radius 3 is 2.68 bits per heavy atom. The summed E-state index contributed by atoms with van der Waals surface area (Å²) < 4.78 is 0. The highest BCUT2D eigenvalue weighted by Gasteiger charge is 2.05. The molecule has 4 heteroatoms. The first-order chi connectivity index (χ1) is 9.08. The fourth-order valence-electron chi connectivity index (χ4n) is 1.95. The van der Waals surface area contributed by atoms with E-state index in [1.165, 1.54) is 0 Å². The highest BCUT2D eigenvalue weighted by atomic mass is 16.1. The van der Waals surface area contributed by atoms with Gasteiger partial charge in [-0.05, 0) is 31.4 Å². The van der Waals surface area contributed by atoms with Gasteiger partial charge >= 0.3 is 0 Å². The Morgan fingerprint density at radius 2 is 2.05 bits per heavy atom. The zero-order valence-corrected chi connectivity index (χ0v) is 11.1. The lowest BCUT2D eigenvalue weighted by molar-refractivity contribution is 1.00. The monoisotopic (exact) mass is 255 g/mol. The van der Waals surface area contributed by atoms with Crippen molar-refractivity contribution in [3.8, 4) is 0 Å². The number of hydrogen-bond donors (Lipinski definition) is 2. The van der Waals surface area contributed by atoms with E-state index < -0.39 is 0 Å². The van der Waals surface area contributed by atoms with Crippen LogP contribution in [0.15, 0.2) is 41.2 Å². The van der Waals surface area contributed by atoms with Crippen molar-refractivity contribution in [1.82, 2.24) is 9.97 Å². The molecule has 0 saturated carbocycles. The second-order valence-corrected chi connectivity index (χ2v) is 4.47. The van der Waals surface area contributed by atoms with Crippen molar-refractivity contribution < 1.29 is 0 Å². The van der Waals surface area contributed by atoms with Gasteiger partial charge in [-0.1, -0.05) is 36.4 Å². The summed E-state index contributed by atoms with van der Waals surface area (Å²) >= 11 is 0. The number of nitrogens with two attached hydrogens (primary N) is 1. The number of aryl methyl sites for hydroxylation is 1. The maximum absolute atomic E-state index is 11.8. The first-order valence-electron chi connectivity index (χ1n) is 6.15. The van der Waals surface area contributed by atoms with Crippen LogP contribution in [0.1, 0.15) is 23.7 Å². The van der Waals surface area contributed by atoms with Gasteiger partial charge in [-0.3, -0.25) is 9.78 Å². The van der Waals surface area contributed by atoms with Crippen molar-refractivity contribution in [2.24, 2.45) is 0 Å². The van der Waals surface area contributed by atoms with E-state index in [0.717, 1.165) is 11.1 Å². The van der Waals surface area contributed by atoms with Crippen LogP contribution in [0, 0.1) is 6.92 Å². The number of benzene rings is 1. The van der Waals surface area contributed by atoms with Crippen molar-refractivity contribution in [1.29, 1.82) is 0 Å². The van der Waals surface area contributed by atoms with Crippen molar-refractivity contribution in [3.63, 3.8) is 0 Å². The number of rotatable bonds is 3. The summed E-state index contributed by atoms with van der Waals surface area (Å²) in [6.07, 6.45) is 2.58. The molecule has 0 aliphatic rings. The smallest absolute Gasteiger partial charge is 0.256 e. The lowest BCUT2D eigenvalue weighted by Gasteiger charge is -2.04. The molecule has 0 spiro atoms. The molecule has 0 atom stereocenters. The predicted molar refractivity (Wildman–Crippen MR) is 77.8 cm³/mol. The second-order valence-electron chi connectivity index (χ2n) is 4.47. The van der Waals surface area contributed by atoms with Crippen LogP contribution in [0.25, 0.3) is 5.57 Å². The molecule has 0 unspecified atom stereocenters. The van der Waals surface area contributed by atoms with Gasteiger partial charge in [-0.25, -0.2) is 4.98 Å². The van der Waals surface area contributed by atoms with Gasteiger partial charge in [0.2, 0.25) is 5.95 Å². The number of aromatic amines is 1. The molecule has 19 heavy (non-hydrogen) atoms. The fourth-order valence-corrected chi connectivity index (χ4v) is 1.95. The molecule has 3 N–H and O–H groups in total. The molecule has 0 bridgehead atoms. The third kappa shape index (κ3) is 3.10. The van der Waals surface area contributed by atoms with Crippen LogP contribution in [-0.4, -0.2) is 9.97 Å². The van der Waals surface area contributed by atoms with Crippen LogP contribution in [0.2, 0.25) is 0 Å². The molecular weight excluding hydrogens is 238 g/mol. The molecule has 1 aromatic carbocycles. The highest BCUT2D eigenvalue weighted by molar-refractivity contribution is 5.63. The third-order valence-electron chi connectivity index (χ3n) is 3.08. The predicted octanol–water partition coefficient (Wildman–Crippen LogP) is 2.31. The van der Waals surface area contributed by atoms with Crippen molar-refractivity contribution in [2.75, 3.05) is 5.73 Å². The van der Waals surface area contributed by atoms with Crippen LogP contribution in [0.4, 0.5) is 5.95 Å². The first-order valence-corrected chi connectivity index (χ1v) is 6.15. The van der Waals surface area contributed by atoms with E-state index in [9.17, 15) is 4.79 Å². The van der Waals surface area contributed by atoms with E-state index in [1.54, 1.807) is 6.92 Å². The van der Waals surface area contributed by atoms with Crippen LogP contribution in [0.3, 0.4) is 0 Å². The van der Waals surface area contributed by atoms with Crippen LogP contribution in [0.5, 0.6) is 0 Å². The maximum Gasteiger partial charge on any atom is 0.256 e. The normalized spacial score (nSPS) is 11.6. The number of anilines is 1. The zero-order valence-electron chi connectivity index (χ0n) is 11.1. The molecule has 1 aromatic heterocycles. The molecule has 1 heterocycles. The van der Waals surface area contributed by atoms with Crippen LogP contribution >= 0.6 is 0 Å². The van der Waals surface area contributed by atoms with E-state index in [4.69, 9.17) is 5.73 Å². The van der Waals surface area contributed by atoms with Gasteiger partial charge in [0.25, 0.3) is 5.56 Å². The van der Waals surface area contributed by atoms with Gasteiger partial charge in [-0.15, -0.1) is 0 Å². The number of nitrogen functional groups attached to an aromatic ring is 1. The van der Waals surface area contributed by atoms with Gasteiger partial charge in [0.1, 0.15) is 0 Å². The number of aromatic nitrogens is 2. The standard InChI is InChI=1S/C15H17N3O/c1-10(12-6-4-3-5-7-12)8-9-13-11(2)17-15(16)18-14(13)19/h3-8H,9H2,1-2H3,(H3,16,17,18,19)/b10-8+. The quantitative estimate of drug-likeness (QED) is 0.884. The lowest BCUT2D eigenvalue weighted by atomic mass is 10.0. The Kier molecular flexibility index (Phi) is 3.80. The van der Waals surface area contributed by atoms with Gasteiger partial charge in [-0.2, -0.15) is 0 Å². The molecular formula is C15H17N3O. The molecule has 0 amide bonds. The second kappa shape index (κ2) is 5.52. The molecule has 2 rings (SSSR count). The maximum atomic E-state index is 11.8. The Balaban J connectivity index is 2.26. The summed E-state index contributed by atoms with van der Waals surface area (Å²) in [7, 11) is 0. The minimum absolute atomic E-state index is 0.162. The SMILES string of the molecule is C/C(=C\Cc1c(C)nc(N)[nH]c1=O)c1ccccc1. The molecule has 0 saturated heterocycles. The van der Waals surface area contributed by atoms with E-state index in [-0.39, 0.29) is 11.5 Å². The summed E-state index contributed by atoms with van der Waals surface area (Å²) in [5.41, 5.74) is 8.95. The Morgan fingerprint density at radius 1 is 1.37 bits per heavy atom. The number of hydrogen-bond acceptors (Lipinski definition) is 3. The topological polar surface area (TPSA) is 71.8 Å². The first kappa shape index (κ1) is 13.1. The number of nitrogens with zero attached hydrogens (tertiary/aromatic N) is 1. The summed E-state index contributed by atoms with van der Waals surface area (Å²) in [5.74, 6) is 0.162. The van der Waals surface area contributed by atoms with E-state index in [1.807, 2.05) is 43.3 Å². The number of nitrogens with one attached hydrogen (secondary N) is 1. The fraction of sp³-hybridized carbons (Fsp3) is 0.200. The summed E-state index contributed by atoms with van der Waals surface area (Å²) in [5, 5.41) is 0. The Hall–Kier alpha value is -2.36. The number of H-pyrrole nitrogens is 1. The van der Waals surface area contributed by atoms with E-state index in [0.29, 0.717) is 17.7 Å². The summed E-state index contributed by atoms with van der Waals surface area (Å²) in [4.78, 5) is 18.4. The Bertz CT molecular complexity index is 657. The van der Waals surface area contributed by atoms with Crippen molar-refractivity contribution in [3.05, 3.63) is 63.6 Å². The van der Waals surface area contributed by atoms with Crippen molar-refractivity contribution in [2.45, 2.75) is 20.3 Å². The molecule has 4 nitrogen and oxygen atoms in total. The average molecular weight is 255 g/mol. The van der Waals surface area contributed by atoms with E-state index in [2.05, 4.69) is 9.97 Å². The molecule has 0 aliphatic heterocycles. The van der Waals surface area contributed by atoms with Gasteiger partial charge < -0.3 is 5.73 Å². The van der Waals surface area contributed by atoms with Crippen LogP contribution in [-0.2, 0) is 6.42 Å². The third-order valence-corrected chi connectivity index (χ3v) is 3.08. The molecule has 2 aromatic rings. The van der Waals surface area contributed by atoms with Crippen LogP contribution < -0.4 is 11.3 Å². The Labute approximate surface area is 112 Å². The van der Waals surface area contributed by atoms with Gasteiger partial charge in [0.05, 0.1) is 5.69 Å². The van der Waals surface area contributed by atoms with Gasteiger partial charge in [0.15, 0.2) is 0 Å². The minimum atomic E-state index is -0.165. The van der Waals surface area contributed by atoms with Gasteiger partial charge in [0, 0.05) is 5.56 Å². The molecule has 0 radical (unpaired) electrons. The summed E-state index contributed by atoms with van der Waals surface area (Å²) in [6, 6.07) is 10.1. The number of allylic oxidation sites excluding steroid dienone is 2. The largest absolute Gasteiger partial charge is 0.369 e. The molecule has 0 aliphatic carbocycles. The molecule has 0 fully saturated rings. The van der Waals surface area contributed by atoms with E-state index >= 15 is 0 Å². The zero-order chi connectivity index (χ0) is 13.8. The molecule has 98 valence electrons.